The molecule has 2 aliphatic heterocycles. The van der Waals surface area contributed by atoms with Gasteiger partial charge in [-0.3, -0.25) is 9.59 Å². The number of aromatic hydroxyl groups is 1. The first-order chi connectivity index (χ1) is 23.6. The highest BCUT2D eigenvalue weighted by molar-refractivity contribution is 5.89. The molecule has 0 amide bonds. The Morgan fingerprint density at radius 1 is 0.980 bits per heavy atom. The molecule has 2 aliphatic carbocycles. The van der Waals surface area contributed by atoms with Gasteiger partial charge in [-0.2, -0.15) is 0 Å². The van der Waals surface area contributed by atoms with Gasteiger partial charge in [0.1, 0.15) is 29.0 Å². The summed E-state index contributed by atoms with van der Waals surface area (Å²) >= 11 is 0. The van der Waals surface area contributed by atoms with Crippen molar-refractivity contribution in [1.82, 2.24) is 0 Å². The van der Waals surface area contributed by atoms with Crippen LogP contribution in [0.15, 0.2) is 42.0 Å². The van der Waals surface area contributed by atoms with Crippen molar-refractivity contribution in [2.24, 2.45) is 11.8 Å². The maximum Gasteiger partial charge on any atom is 0.334 e. The van der Waals surface area contributed by atoms with Crippen LogP contribution in [0, 0.1) is 23.7 Å². The van der Waals surface area contributed by atoms with E-state index in [4.69, 9.17) is 9.47 Å². The standard InChI is InChI=1S/C41H48O8/c1-3-5-6-8-26-10-11-28(18-32(26)24-42)27-12-13-29-22-39(45)48-37-23-36(44)31(20-34(29)37)21-38(49-40(46)25(4-2)17-27)41(47)16-7-9-30-19-33(43)14-15-35(30)41/h4,10-11,18,20,23,27,29-30,35,38,42,44,47H,3,5-9,14-17,19,21-22,24H2,1-2H3/b25-4-/t27-,29-,30+,35-,38+,41-/m0/s1. The zero-order chi connectivity index (χ0) is 34.7. The minimum absolute atomic E-state index is 0.00819. The van der Waals surface area contributed by atoms with Crippen molar-refractivity contribution >= 4 is 17.7 Å². The van der Waals surface area contributed by atoms with Crippen LogP contribution in [0.4, 0.5) is 0 Å². The van der Waals surface area contributed by atoms with E-state index in [2.05, 4.69) is 18.8 Å². The van der Waals surface area contributed by atoms with Crippen LogP contribution in [0.5, 0.6) is 11.5 Å². The van der Waals surface area contributed by atoms with Gasteiger partial charge < -0.3 is 24.8 Å². The smallest absolute Gasteiger partial charge is 0.334 e. The highest BCUT2D eigenvalue weighted by atomic mass is 16.6. The number of hydrogen-bond donors (Lipinski definition) is 3. The summed E-state index contributed by atoms with van der Waals surface area (Å²) < 4.78 is 11.9. The lowest BCUT2D eigenvalue weighted by molar-refractivity contribution is -0.187. The molecule has 2 bridgehead atoms. The number of phenols is 1. The molecule has 6 rings (SSSR count). The Hall–Kier alpha value is -3.93. The van der Waals surface area contributed by atoms with Gasteiger partial charge in [-0.15, -0.1) is 0 Å². The van der Waals surface area contributed by atoms with Crippen LogP contribution in [0.3, 0.4) is 0 Å². The largest absolute Gasteiger partial charge is 0.508 e. The van der Waals surface area contributed by atoms with E-state index in [0.29, 0.717) is 48.8 Å². The average molecular weight is 669 g/mol. The molecule has 0 saturated heterocycles. The number of benzene rings is 2. The van der Waals surface area contributed by atoms with E-state index < -0.39 is 35.5 Å². The predicted octanol–water partition coefficient (Wildman–Crippen LogP) is 6.50. The van der Waals surface area contributed by atoms with Gasteiger partial charge in [-0.1, -0.05) is 62.3 Å². The third-order valence-corrected chi connectivity index (χ3v) is 11.3. The fraction of sp³-hybridized carbons (Fsp3) is 0.537. The maximum atomic E-state index is 14.1. The van der Waals surface area contributed by atoms with Gasteiger partial charge in [0.15, 0.2) is 0 Å². The molecule has 4 aliphatic rings. The minimum Gasteiger partial charge on any atom is -0.508 e. The summed E-state index contributed by atoms with van der Waals surface area (Å²) in [6.07, 6.45) is 8.40. The number of ketones is 1. The number of Topliss-reactive ketones (excluding diaryl/α,β-unsaturated/α-hetero) is 1. The minimum atomic E-state index is -1.40. The van der Waals surface area contributed by atoms with E-state index in [1.54, 1.807) is 19.1 Å². The Morgan fingerprint density at radius 3 is 2.57 bits per heavy atom. The fourth-order valence-corrected chi connectivity index (χ4v) is 8.55. The molecular weight excluding hydrogens is 620 g/mol. The Labute approximate surface area is 288 Å². The number of aliphatic hydroxyl groups is 2. The van der Waals surface area contributed by atoms with Crippen molar-refractivity contribution in [2.45, 2.75) is 127 Å². The van der Waals surface area contributed by atoms with Gasteiger partial charge >= 0.3 is 11.9 Å². The van der Waals surface area contributed by atoms with E-state index in [9.17, 15) is 29.7 Å². The second-order valence-corrected chi connectivity index (χ2v) is 14.4. The number of phenolic OH excluding ortho intramolecular Hbond substituents is 1. The zero-order valence-electron chi connectivity index (χ0n) is 28.6. The molecule has 2 fully saturated rings. The fourth-order valence-electron chi connectivity index (χ4n) is 8.55. The van der Waals surface area contributed by atoms with Gasteiger partial charge in [0.25, 0.3) is 0 Å². The van der Waals surface area contributed by atoms with Crippen LogP contribution in [0.25, 0.3) is 0 Å². The summed E-state index contributed by atoms with van der Waals surface area (Å²) in [5.74, 6) is 4.84. The first-order valence-corrected chi connectivity index (χ1v) is 18.0. The van der Waals surface area contributed by atoms with E-state index >= 15 is 0 Å². The molecular formula is C41H48O8. The normalized spacial score (nSPS) is 29.3. The van der Waals surface area contributed by atoms with Crippen molar-refractivity contribution < 1.29 is 39.2 Å². The second-order valence-electron chi connectivity index (χ2n) is 14.4. The van der Waals surface area contributed by atoms with Crippen molar-refractivity contribution in [3.63, 3.8) is 0 Å². The van der Waals surface area contributed by atoms with Crippen LogP contribution >= 0.6 is 0 Å². The molecule has 8 nitrogen and oxygen atoms in total. The zero-order valence-corrected chi connectivity index (χ0v) is 28.6. The highest BCUT2D eigenvalue weighted by Crippen LogP contribution is 2.49. The average Bonchev–Trinajstić information content (AvgIpc) is 3.09. The molecule has 0 radical (unpaired) electrons. The van der Waals surface area contributed by atoms with Crippen LogP contribution in [0.2, 0.25) is 0 Å². The van der Waals surface area contributed by atoms with E-state index in [1.165, 1.54) is 6.07 Å². The lowest BCUT2D eigenvalue weighted by Gasteiger charge is -2.50. The number of fused-ring (bicyclic) bond motifs is 2. The van der Waals surface area contributed by atoms with Crippen molar-refractivity contribution in [3.8, 4) is 23.3 Å². The molecule has 3 N–H and O–H groups in total. The summed E-state index contributed by atoms with van der Waals surface area (Å²) in [7, 11) is 0. The Kier molecular flexibility index (Phi) is 10.6. The molecule has 8 heteroatoms. The summed E-state index contributed by atoms with van der Waals surface area (Å²) in [4.78, 5) is 39.2. The molecule has 0 spiro atoms. The molecule has 0 unspecified atom stereocenters. The van der Waals surface area contributed by atoms with Crippen molar-refractivity contribution in [1.29, 1.82) is 0 Å². The number of cyclic esters (lactones) is 1. The van der Waals surface area contributed by atoms with E-state index in [1.807, 2.05) is 18.2 Å². The second kappa shape index (κ2) is 14.9. The third kappa shape index (κ3) is 7.34. The Morgan fingerprint density at radius 2 is 1.80 bits per heavy atom. The highest BCUT2D eigenvalue weighted by Gasteiger charge is 2.52. The maximum absolute atomic E-state index is 14.1. The third-order valence-electron chi connectivity index (χ3n) is 11.3. The monoisotopic (exact) mass is 668 g/mol. The van der Waals surface area contributed by atoms with Crippen molar-refractivity contribution in [2.75, 3.05) is 0 Å². The summed E-state index contributed by atoms with van der Waals surface area (Å²) in [6, 6.07) is 9.20. The number of esters is 2. The summed E-state index contributed by atoms with van der Waals surface area (Å²) in [6.45, 7) is 3.82. The Bertz CT molecular complexity index is 1690. The molecule has 260 valence electrons. The molecule has 2 saturated carbocycles. The van der Waals surface area contributed by atoms with Gasteiger partial charge in [0.2, 0.25) is 0 Å². The number of carbonyl (C=O) groups is 3. The summed E-state index contributed by atoms with van der Waals surface area (Å²) in [5, 5.41) is 34.0. The van der Waals surface area contributed by atoms with Gasteiger partial charge in [-0.05, 0) is 85.6 Å². The molecule has 2 aromatic carbocycles. The van der Waals surface area contributed by atoms with Crippen molar-refractivity contribution in [3.05, 3.63) is 69.8 Å². The van der Waals surface area contributed by atoms with Crippen LogP contribution < -0.4 is 4.74 Å². The predicted molar refractivity (Wildman–Crippen MR) is 184 cm³/mol. The van der Waals surface area contributed by atoms with Gasteiger partial charge in [0, 0.05) is 42.4 Å². The number of aliphatic hydroxyl groups excluding tert-OH is 1. The number of rotatable bonds is 7. The quantitative estimate of drug-likeness (QED) is 0.100. The van der Waals surface area contributed by atoms with Gasteiger partial charge in [-0.25, -0.2) is 4.79 Å². The lowest BCUT2D eigenvalue weighted by Crippen LogP contribution is -2.57. The van der Waals surface area contributed by atoms with Crippen LogP contribution in [-0.2, 0) is 38.6 Å². The first-order valence-electron chi connectivity index (χ1n) is 18.0. The number of unbranched alkanes of at least 4 members (excludes halogenated alkanes) is 2. The number of carbonyl (C=O) groups excluding carboxylic acids is 3. The number of hydrogen-bond acceptors (Lipinski definition) is 8. The number of aryl methyl sites for hydroxylation is 1. The molecule has 6 atom stereocenters. The van der Waals surface area contributed by atoms with Crippen LogP contribution in [0.1, 0.15) is 124 Å². The lowest BCUT2D eigenvalue weighted by atomic mass is 9.60. The SMILES string of the molecule is C/C=C1/C[C@@H](c2ccc(CCCCC)c(CO)c2)C#C[C@H]2CC(=O)Oc3cc(O)c(cc32)C[C@H]([C@]2(O)CCC[C@@H]3CC(=O)CC[C@@H]32)OC1=O. The Balaban J connectivity index is 1.44. The number of ether oxygens (including phenoxy) is 2. The van der Waals surface area contributed by atoms with E-state index in [0.717, 1.165) is 48.8 Å². The van der Waals surface area contributed by atoms with E-state index in [-0.39, 0.29) is 55.0 Å². The van der Waals surface area contributed by atoms with Gasteiger partial charge in [0.05, 0.1) is 18.9 Å². The van der Waals surface area contributed by atoms with Crippen LogP contribution in [-0.4, -0.2) is 44.7 Å². The molecule has 2 aromatic rings. The molecule has 49 heavy (non-hydrogen) atoms. The first kappa shape index (κ1) is 34.9. The molecule has 0 aromatic heterocycles. The number of allylic oxidation sites excluding steroid dienone is 1. The molecule has 2 heterocycles. The topological polar surface area (TPSA) is 130 Å². The summed E-state index contributed by atoms with van der Waals surface area (Å²) in [5.41, 5.74) is 2.89.